The Kier molecular flexibility index (Phi) is 9.73. The average Bonchev–Trinajstić information content (AvgIpc) is 3.32. The second-order valence-corrected chi connectivity index (χ2v) is 11.6. The van der Waals surface area contributed by atoms with Crippen molar-refractivity contribution in [2.75, 3.05) is 38.8 Å². The molecule has 3 aromatic rings. The van der Waals surface area contributed by atoms with Gasteiger partial charge in [-0.25, -0.2) is 0 Å². The molecule has 1 heterocycles. The number of hydrogen-bond donors (Lipinski definition) is 0. The Morgan fingerprint density at radius 3 is 1.76 bits per heavy atom. The van der Waals surface area contributed by atoms with E-state index in [1.165, 1.54) is 0 Å². The molecule has 0 atom stereocenters. The highest BCUT2D eigenvalue weighted by Gasteiger charge is 2.44. The second kappa shape index (κ2) is 12.7. The van der Waals surface area contributed by atoms with Gasteiger partial charge in [0.2, 0.25) is 0 Å². The highest BCUT2D eigenvalue weighted by Crippen LogP contribution is 2.23. The molecule has 0 radical (unpaired) electrons. The lowest BCUT2D eigenvalue weighted by Gasteiger charge is -2.27. The first-order chi connectivity index (χ1) is 16.5. The van der Waals surface area contributed by atoms with E-state index in [1.54, 1.807) is 11.3 Å². The fourth-order valence-electron chi connectivity index (χ4n) is 3.28. The zero-order valence-corrected chi connectivity index (χ0v) is 22.3. The van der Waals surface area contributed by atoms with Crippen LogP contribution in [0.15, 0.2) is 70.9 Å². The summed E-state index contributed by atoms with van der Waals surface area (Å²) in [6.07, 6.45) is 4.18. The lowest BCUT2D eigenvalue weighted by atomic mass is 10.2. The summed E-state index contributed by atoms with van der Waals surface area (Å²) in [6.45, 7) is 7.58. The predicted octanol–water partition coefficient (Wildman–Crippen LogP) is 6.66. The van der Waals surface area contributed by atoms with Gasteiger partial charge in [0.15, 0.2) is 0 Å². The largest absolute Gasteiger partial charge is 0.547 e. The second-order valence-electron chi connectivity index (χ2n) is 7.59. The van der Waals surface area contributed by atoms with Crippen LogP contribution >= 0.6 is 11.3 Å². The van der Waals surface area contributed by atoms with Crippen molar-refractivity contribution in [3.63, 3.8) is 0 Å². The van der Waals surface area contributed by atoms with Crippen molar-refractivity contribution in [2.45, 2.75) is 20.8 Å². The van der Waals surface area contributed by atoms with Crippen LogP contribution in [0, 0.1) is 0 Å². The van der Waals surface area contributed by atoms with Gasteiger partial charge in [-0.3, -0.25) is 0 Å². The zero-order valence-electron chi connectivity index (χ0n) is 20.5. The molecule has 0 saturated carbocycles. The number of rotatable bonds is 12. The molecule has 0 saturated heterocycles. The predicted molar refractivity (Wildman–Crippen MR) is 145 cm³/mol. The first-order valence-corrected chi connectivity index (χ1v) is 14.0. The maximum atomic E-state index is 6.02. The number of thiophene rings is 1. The van der Waals surface area contributed by atoms with Crippen LogP contribution in [0.3, 0.4) is 0 Å². The van der Waals surface area contributed by atoms with Crippen LogP contribution in [0.4, 0.5) is 17.1 Å². The quantitative estimate of drug-likeness (QED) is 0.208. The molecule has 0 aliphatic heterocycles. The molecule has 0 N–H and O–H groups in total. The summed E-state index contributed by atoms with van der Waals surface area (Å²) in [4.78, 5) is 3.18. The fraction of sp³-hybridized carbons (Fsp3) is 0.308. The summed E-state index contributed by atoms with van der Waals surface area (Å²) in [5.41, 5.74) is 3.86. The van der Waals surface area contributed by atoms with Crippen LogP contribution in [0.5, 0.6) is 0 Å². The lowest BCUT2D eigenvalue weighted by Crippen LogP contribution is -2.55. The molecule has 0 unspecified atom stereocenters. The topological polar surface area (TPSA) is 55.6 Å². The van der Waals surface area contributed by atoms with Crippen LogP contribution in [0.1, 0.15) is 31.2 Å². The van der Waals surface area contributed by atoms with E-state index in [2.05, 4.69) is 39.4 Å². The molecule has 34 heavy (non-hydrogen) atoms. The highest BCUT2D eigenvalue weighted by atomic mass is 32.1. The van der Waals surface area contributed by atoms with Gasteiger partial charge in [0.1, 0.15) is 0 Å². The first kappa shape index (κ1) is 26.0. The Morgan fingerprint density at radius 2 is 1.26 bits per heavy atom. The van der Waals surface area contributed by atoms with Crippen molar-refractivity contribution in [1.29, 1.82) is 0 Å². The summed E-state index contributed by atoms with van der Waals surface area (Å²) in [5, 5.41) is 8.67. The molecule has 1 aromatic heterocycles. The minimum Gasteiger partial charge on any atom is -0.378 e. The molecule has 0 aliphatic rings. The standard InChI is InChI=1S/C26H33N3O3SSi/c1-6-30-34(31-7-2,32-8-3)26-20-19-25(33-26)18-11-21-9-12-22(13-10-21)27-28-23-14-16-24(17-15-23)29(4)5/h9-20H,6-8H2,1-5H3/b18-11+,28-27?. The van der Waals surface area contributed by atoms with Gasteiger partial charge in [0, 0.05) is 44.5 Å². The van der Waals surface area contributed by atoms with Crippen molar-refractivity contribution >= 4 is 53.9 Å². The minimum absolute atomic E-state index is 0.556. The molecule has 0 spiro atoms. The first-order valence-electron chi connectivity index (χ1n) is 11.5. The van der Waals surface area contributed by atoms with Crippen LogP contribution in [0.2, 0.25) is 0 Å². The van der Waals surface area contributed by atoms with E-state index in [9.17, 15) is 0 Å². The molecule has 0 amide bonds. The van der Waals surface area contributed by atoms with E-state index >= 15 is 0 Å². The molecule has 180 valence electrons. The molecule has 3 rings (SSSR count). The average molecular weight is 496 g/mol. The van der Waals surface area contributed by atoms with Gasteiger partial charge in [-0.2, -0.15) is 10.2 Å². The van der Waals surface area contributed by atoms with Gasteiger partial charge in [0.25, 0.3) is 0 Å². The summed E-state index contributed by atoms with van der Waals surface area (Å²) in [5.74, 6) is 0. The number of benzene rings is 2. The number of nitrogens with zero attached hydrogens (tertiary/aromatic N) is 3. The number of azo groups is 1. The Balaban J connectivity index is 1.67. The summed E-state index contributed by atoms with van der Waals surface area (Å²) >= 11 is 1.65. The molecular formula is C26H33N3O3SSi. The highest BCUT2D eigenvalue weighted by molar-refractivity contribution is 7.24. The third-order valence-corrected chi connectivity index (χ3v) is 9.61. The minimum atomic E-state index is -2.85. The molecule has 2 aromatic carbocycles. The van der Waals surface area contributed by atoms with E-state index in [4.69, 9.17) is 13.3 Å². The van der Waals surface area contributed by atoms with Crippen LogP contribution in [-0.2, 0) is 13.3 Å². The van der Waals surface area contributed by atoms with E-state index in [-0.39, 0.29) is 0 Å². The summed E-state index contributed by atoms with van der Waals surface area (Å²) < 4.78 is 19.1. The van der Waals surface area contributed by atoms with E-state index in [0.29, 0.717) is 19.8 Å². The van der Waals surface area contributed by atoms with Crippen molar-refractivity contribution in [2.24, 2.45) is 10.2 Å². The smallest absolute Gasteiger partial charge is 0.378 e. The lowest BCUT2D eigenvalue weighted by molar-refractivity contribution is 0.0866. The molecular weight excluding hydrogens is 462 g/mol. The van der Waals surface area contributed by atoms with Gasteiger partial charge in [0.05, 0.1) is 15.9 Å². The zero-order chi connectivity index (χ0) is 24.4. The van der Waals surface area contributed by atoms with Crippen molar-refractivity contribution in [1.82, 2.24) is 0 Å². The summed E-state index contributed by atoms with van der Waals surface area (Å²) in [7, 11) is 1.18. The molecule has 0 bridgehead atoms. The number of hydrogen-bond acceptors (Lipinski definition) is 7. The fourth-order valence-corrected chi connectivity index (χ4v) is 7.43. The Morgan fingerprint density at radius 1 is 0.735 bits per heavy atom. The molecule has 0 aliphatic carbocycles. The Bertz CT molecular complexity index is 1060. The van der Waals surface area contributed by atoms with E-state index in [0.717, 1.165) is 32.0 Å². The third kappa shape index (κ3) is 6.94. The van der Waals surface area contributed by atoms with E-state index < -0.39 is 8.80 Å². The summed E-state index contributed by atoms with van der Waals surface area (Å²) in [6, 6.07) is 20.1. The van der Waals surface area contributed by atoms with Gasteiger partial charge in [-0.15, -0.1) is 11.3 Å². The monoisotopic (exact) mass is 495 g/mol. The van der Waals surface area contributed by atoms with Gasteiger partial charge < -0.3 is 18.2 Å². The molecule has 8 heteroatoms. The Labute approximate surface area is 207 Å². The maximum Gasteiger partial charge on any atom is 0.547 e. The van der Waals surface area contributed by atoms with Crippen molar-refractivity contribution in [3.05, 3.63) is 71.1 Å². The van der Waals surface area contributed by atoms with Gasteiger partial charge in [-0.1, -0.05) is 18.2 Å². The van der Waals surface area contributed by atoms with Crippen molar-refractivity contribution in [3.8, 4) is 0 Å². The van der Waals surface area contributed by atoms with Gasteiger partial charge >= 0.3 is 8.80 Å². The maximum absolute atomic E-state index is 6.02. The van der Waals surface area contributed by atoms with Gasteiger partial charge in [-0.05, 0) is 80.9 Å². The third-order valence-electron chi connectivity index (χ3n) is 4.91. The number of anilines is 1. The molecule has 6 nitrogen and oxygen atoms in total. The van der Waals surface area contributed by atoms with Crippen LogP contribution < -0.4 is 9.40 Å². The SMILES string of the molecule is CCO[Si](OCC)(OCC)c1ccc(/C=C/c2ccc(N=Nc3ccc(N(C)C)cc3)cc2)s1. The van der Waals surface area contributed by atoms with Crippen molar-refractivity contribution < 1.29 is 13.3 Å². The van der Waals surface area contributed by atoms with Crippen LogP contribution in [0.25, 0.3) is 12.2 Å². The normalized spacial score (nSPS) is 12.1. The Hall–Kier alpha value is -2.62. The molecule has 0 fully saturated rings. The van der Waals surface area contributed by atoms with E-state index in [1.807, 2.05) is 83.4 Å². The van der Waals surface area contributed by atoms with Crippen LogP contribution in [-0.4, -0.2) is 42.7 Å².